The maximum atomic E-state index is 11.0. The largest absolute Gasteiger partial charge is 0.492 e. The number of pyridine rings is 1. The fourth-order valence-corrected chi connectivity index (χ4v) is 5.91. The molecule has 1 atom stereocenters. The fourth-order valence-electron chi connectivity index (χ4n) is 4.90. The zero-order valence-corrected chi connectivity index (χ0v) is 25.5. The van der Waals surface area contributed by atoms with E-state index in [1.807, 2.05) is 30.3 Å². The van der Waals surface area contributed by atoms with Crippen molar-refractivity contribution in [3.05, 3.63) is 52.3 Å². The molecule has 0 fully saturated rings. The van der Waals surface area contributed by atoms with E-state index in [9.17, 15) is 10.4 Å². The SMILES string of the molecule is C=c1c(C#N)c(O)n2nc(C(CC)CCCC)nc2c1=Nc1sc(N(CCCC)CCCC)nc1-c1ccccc1. The summed E-state index contributed by atoms with van der Waals surface area (Å²) >= 11 is 1.54. The molecule has 0 amide bonds. The van der Waals surface area contributed by atoms with Crippen molar-refractivity contribution in [1.29, 1.82) is 5.26 Å². The van der Waals surface area contributed by atoms with E-state index >= 15 is 0 Å². The third-order valence-electron chi connectivity index (χ3n) is 7.42. The minimum absolute atomic E-state index is 0.0489. The normalized spacial score (nSPS) is 12.6. The lowest BCUT2D eigenvalue weighted by atomic mass is 9.99. The summed E-state index contributed by atoms with van der Waals surface area (Å²) in [4.78, 5) is 17.4. The number of unbranched alkanes of at least 4 members (excludes halogenated alkanes) is 3. The van der Waals surface area contributed by atoms with E-state index in [1.54, 1.807) is 0 Å². The first kappa shape index (κ1) is 30.2. The maximum Gasteiger partial charge on any atom is 0.233 e. The summed E-state index contributed by atoms with van der Waals surface area (Å²) in [6.45, 7) is 14.7. The summed E-state index contributed by atoms with van der Waals surface area (Å²) in [6.07, 6.45) is 8.38. The van der Waals surface area contributed by atoms with Crippen molar-refractivity contribution >= 4 is 33.7 Å². The molecule has 0 aliphatic carbocycles. The Morgan fingerprint density at radius 2 is 1.73 bits per heavy atom. The van der Waals surface area contributed by atoms with Crippen LogP contribution in [0.5, 0.6) is 5.88 Å². The van der Waals surface area contributed by atoms with E-state index < -0.39 is 0 Å². The van der Waals surface area contributed by atoms with Gasteiger partial charge in [0.15, 0.2) is 16.6 Å². The van der Waals surface area contributed by atoms with Gasteiger partial charge in [0.1, 0.15) is 27.7 Å². The molecule has 4 rings (SSSR count). The van der Waals surface area contributed by atoms with Crippen LogP contribution in [-0.4, -0.2) is 37.8 Å². The Balaban J connectivity index is 1.97. The van der Waals surface area contributed by atoms with Gasteiger partial charge in [-0.25, -0.2) is 15.0 Å². The summed E-state index contributed by atoms with van der Waals surface area (Å²) in [5.74, 6) is 0.552. The predicted molar refractivity (Wildman–Crippen MR) is 167 cm³/mol. The van der Waals surface area contributed by atoms with Gasteiger partial charge >= 0.3 is 0 Å². The Morgan fingerprint density at radius 1 is 1.05 bits per heavy atom. The highest BCUT2D eigenvalue weighted by molar-refractivity contribution is 7.19. The lowest BCUT2D eigenvalue weighted by Gasteiger charge is -2.21. The van der Waals surface area contributed by atoms with Crippen LogP contribution in [0.25, 0.3) is 23.5 Å². The van der Waals surface area contributed by atoms with E-state index in [0.717, 1.165) is 80.8 Å². The number of hydrogen-bond donors (Lipinski definition) is 1. The second kappa shape index (κ2) is 14.2. The molecule has 1 unspecified atom stereocenters. The number of rotatable bonds is 14. The number of aromatic nitrogens is 4. The molecular weight excluding hydrogens is 530 g/mol. The molecule has 0 aliphatic rings. The Labute approximate surface area is 246 Å². The standard InChI is InChI=1S/C32H41N7OS/c1-6-10-16-23(9-4)28-36-29-26(22(5)25(21-33)31(40)39(29)37-28)34-30-27(24-17-14-13-15-18-24)35-32(41-30)38(19-11-7-2)20-12-8-3/h13-15,17-18,23,40H,5-12,16,19-20H2,1-4H3. The number of anilines is 1. The van der Waals surface area contributed by atoms with Crippen molar-refractivity contribution in [1.82, 2.24) is 19.6 Å². The third kappa shape index (κ3) is 6.59. The van der Waals surface area contributed by atoms with Crippen LogP contribution >= 0.6 is 11.3 Å². The average Bonchev–Trinajstić information content (AvgIpc) is 3.62. The van der Waals surface area contributed by atoms with Gasteiger partial charge in [-0.15, -0.1) is 5.10 Å². The number of benzene rings is 1. The lowest BCUT2D eigenvalue weighted by molar-refractivity contribution is 0.431. The monoisotopic (exact) mass is 571 g/mol. The molecule has 1 N–H and O–H groups in total. The minimum atomic E-state index is -0.255. The number of hydrogen-bond acceptors (Lipinski definition) is 8. The first-order chi connectivity index (χ1) is 20.0. The van der Waals surface area contributed by atoms with Gasteiger partial charge < -0.3 is 10.0 Å². The number of nitriles is 1. The van der Waals surface area contributed by atoms with E-state index in [4.69, 9.17) is 15.0 Å². The second-order valence-electron chi connectivity index (χ2n) is 10.4. The summed E-state index contributed by atoms with van der Waals surface area (Å²) in [7, 11) is 0. The quantitative estimate of drug-likeness (QED) is 0.177. The van der Waals surface area contributed by atoms with Gasteiger partial charge in [0, 0.05) is 29.8 Å². The van der Waals surface area contributed by atoms with Crippen LogP contribution in [0.15, 0.2) is 35.3 Å². The molecule has 216 valence electrons. The van der Waals surface area contributed by atoms with Crippen LogP contribution in [0.3, 0.4) is 0 Å². The number of aromatic hydroxyl groups is 1. The van der Waals surface area contributed by atoms with Crippen LogP contribution in [0.2, 0.25) is 0 Å². The fraction of sp³-hybridized carbons (Fsp3) is 0.469. The van der Waals surface area contributed by atoms with E-state index in [0.29, 0.717) is 27.0 Å². The molecule has 0 bridgehead atoms. The van der Waals surface area contributed by atoms with Crippen molar-refractivity contribution in [2.75, 3.05) is 18.0 Å². The van der Waals surface area contributed by atoms with Crippen molar-refractivity contribution in [3.8, 4) is 23.2 Å². The van der Waals surface area contributed by atoms with Crippen LogP contribution in [0.4, 0.5) is 10.1 Å². The van der Waals surface area contributed by atoms with Gasteiger partial charge in [-0.2, -0.15) is 9.78 Å². The topological polar surface area (TPSA) is 103 Å². The second-order valence-corrected chi connectivity index (χ2v) is 11.4. The molecule has 0 aliphatic heterocycles. The molecule has 3 aromatic heterocycles. The zero-order chi connectivity index (χ0) is 29.4. The first-order valence-electron chi connectivity index (χ1n) is 14.9. The highest BCUT2D eigenvalue weighted by Crippen LogP contribution is 2.39. The summed E-state index contributed by atoms with van der Waals surface area (Å²) < 4.78 is 1.36. The Kier molecular flexibility index (Phi) is 10.5. The Hall–Kier alpha value is -3.77. The predicted octanol–water partition coefficient (Wildman–Crippen LogP) is 6.88. The van der Waals surface area contributed by atoms with Gasteiger partial charge in [-0.3, -0.25) is 0 Å². The molecule has 0 radical (unpaired) electrons. The average molecular weight is 572 g/mol. The smallest absolute Gasteiger partial charge is 0.233 e. The van der Waals surface area contributed by atoms with Crippen molar-refractivity contribution in [2.24, 2.45) is 4.99 Å². The molecule has 0 spiro atoms. The molecule has 8 nitrogen and oxygen atoms in total. The van der Waals surface area contributed by atoms with Gasteiger partial charge in [-0.05, 0) is 25.7 Å². The van der Waals surface area contributed by atoms with Crippen LogP contribution in [0.1, 0.15) is 96.4 Å². The van der Waals surface area contributed by atoms with Gasteiger partial charge in [-0.1, -0.05) is 102 Å². The molecule has 9 heteroatoms. The minimum Gasteiger partial charge on any atom is -0.492 e. The molecule has 0 saturated heterocycles. The highest BCUT2D eigenvalue weighted by Gasteiger charge is 2.22. The first-order valence-corrected chi connectivity index (χ1v) is 15.7. The van der Waals surface area contributed by atoms with Crippen LogP contribution in [-0.2, 0) is 0 Å². The van der Waals surface area contributed by atoms with Crippen molar-refractivity contribution in [3.63, 3.8) is 0 Å². The van der Waals surface area contributed by atoms with Gasteiger partial charge in [0.2, 0.25) is 5.88 Å². The molecule has 1 aromatic carbocycles. The summed E-state index contributed by atoms with van der Waals surface area (Å²) in [5.41, 5.74) is 2.20. The molecular formula is C32H41N7OS. The van der Waals surface area contributed by atoms with Crippen LogP contribution in [0, 0.1) is 11.3 Å². The highest BCUT2D eigenvalue weighted by atomic mass is 32.1. The molecule has 3 heterocycles. The van der Waals surface area contributed by atoms with E-state index in [-0.39, 0.29) is 17.4 Å². The third-order valence-corrected chi connectivity index (χ3v) is 8.43. The molecule has 41 heavy (non-hydrogen) atoms. The molecule has 4 aromatic rings. The van der Waals surface area contributed by atoms with Gasteiger partial charge in [0.25, 0.3) is 0 Å². The Morgan fingerprint density at radius 3 is 2.34 bits per heavy atom. The lowest BCUT2D eigenvalue weighted by Crippen LogP contribution is -2.30. The number of thiazole rings is 1. The number of nitrogens with zero attached hydrogens (tertiary/aromatic N) is 7. The number of fused-ring (bicyclic) bond motifs is 1. The van der Waals surface area contributed by atoms with E-state index in [1.165, 1.54) is 15.9 Å². The molecule has 0 saturated carbocycles. The van der Waals surface area contributed by atoms with Crippen molar-refractivity contribution < 1.29 is 5.11 Å². The zero-order valence-electron chi connectivity index (χ0n) is 24.7. The van der Waals surface area contributed by atoms with Gasteiger partial charge in [0.05, 0.1) is 0 Å². The van der Waals surface area contributed by atoms with Crippen molar-refractivity contribution in [2.45, 2.75) is 85.0 Å². The van der Waals surface area contributed by atoms with E-state index in [2.05, 4.69) is 50.3 Å². The summed E-state index contributed by atoms with van der Waals surface area (Å²) in [5, 5.41) is 28.0. The Bertz CT molecular complexity index is 1600. The maximum absolute atomic E-state index is 11.0. The van der Waals surface area contributed by atoms with Crippen LogP contribution < -0.4 is 15.5 Å². The summed E-state index contributed by atoms with van der Waals surface area (Å²) in [6, 6.07) is 12.1.